The second kappa shape index (κ2) is 14.4. The van der Waals surface area contributed by atoms with Gasteiger partial charge in [0.05, 0.1) is 24.9 Å². The maximum Gasteiger partial charge on any atom is 0.264 e. The molecule has 50 heavy (non-hydrogen) atoms. The number of nitrogens with one attached hydrogen (secondary N) is 1. The first kappa shape index (κ1) is 35.4. The van der Waals surface area contributed by atoms with Crippen molar-refractivity contribution in [1.82, 2.24) is 4.90 Å². The lowest BCUT2D eigenvalue weighted by Crippen LogP contribution is -2.60. The molecule has 0 aliphatic carbocycles. The SMILES string of the molecule is C[C@@H](/C=C/CC(=O)N1Cc2ccccc2C[C@H]1CO)[C@]1(O)C(=O)N(Cc2cccc(NC(=O)[C@H]3O[C@@H](O)[C@H](O)[C@@H](O)[C@@H]3O)c2)c2ccccc21. The van der Waals surface area contributed by atoms with E-state index in [1.165, 1.54) is 4.90 Å². The van der Waals surface area contributed by atoms with Crippen LogP contribution in [0, 0.1) is 5.92 Å². The summed E-state index contributed by atoms with van der Waals surface area (Å²) in [5, 5.41) is 64.2. The van der Waals surface area contributed by atoms with E-state index in [9.17, 15) is 45.0 Å². The van der Waals surface area contributed by atoms with Crippen LogP contribution < -0.4 is 10.2 Å². The topological polar surface area (TPSA) is 200 Å². The molecule has 13 heteroatoms. The number of hydrogen-bond donors (Lipinski definition) is 7. The minimum Gasteiger partial charge on any atom is -0.394 e. The number of hydrogen-bond acceptors (Lipinski definition) is 10. The number of fused-ring (bicyclic) bond motifs is 2. The Morgan fingerprint density at radius 3 is 2.46 bits per heavy atom. The predicted octanol–water partition coefficient (Wildman–Crippen LogP) is 0.688. The van der Waals surface area contributed by atoms with Gasteiger partial charge in [-0.1, -0.05) is 73.7 Å². The number of para-hydroxylation sites is 1. The fourth-order valence-corrected chi connectivity index (χ4v) is 6.95. The van der Waals surface area contributed by atoms with Gasteiger partial charge < -0.3 is 50.5 Å². The molecular weight excluding hydrogens is 646 g/mol. The normalized spacial score (nSPS) is 28.3. The van der Waals surface area contributed by atoms with E-state index in [0.717, 1.165) is 11.1 Å². The third-order valence-electron chi connectivity index (χ3n) is 9.82. The molecule has 13 nitrogen and oxygen atoms in total. The summed E-state index contributed by atoms with van der Waals surface area (Å²) in [6, 6.07) is 20.9. The summed E-state index contributed by atoms with van der Waals surface area (Å²) >= 11 is 0. The molecule has 3 aliphatic rings. The van der Waals surface area contributed by atoms with Crippen molar-refractivity contribution in [1.29, 1.82) is 0 Å². The van der Waals surface area contributed by atoms with Gasteiger partial charge in [0.25, 0.3) is 11.8 Å². The van der Waals surface area contributed by atoms with Crippen LogP contribution in [0.5, 0.6) is 0 Å². The minimum atomic E-state index is -1.93. The highest BCUT2D eigenvalue weighted by Gasteiger charge is 2.52. The van der Waals surface area contributed by atoms with Crippen molar-refractivity contribution < 1.29 is 49.8 Å². The summed E-state index contributed by atoms with van der Waals surface area (Å²) in [6.07, 6.45) is -5.01. The Kier molecular flexibility index (Phi) is 10.2. The number of aliphatic hydroxyl groups excluding tert-OH is 5. The van der Waals surface area contributed by atoms with Crippen molar-refractivity contribution in [2.45, 2.75) is 75.2 Å². The lowest BCUT2D eigenvalue weighted by Gasteiger charge is -2.37. The Morgan fingerprint density at radius 1 is 0.980 bits per heavy atom. The largest absolute Gasteiger partial charge is 0.394 e. The smallest absolute Gasteiger partial charge is 0.264 e. The van der Waals surface area contributed by atoms with Gasteiger partial charge in [-0.3, -0.25) is 14.4 Å². The van der Waals surface area contributed by atoms with E-state index in [1.54, 1.807) is 72.5 Å². The number of amides is 3. The molecule has 1 saturated heterocycles. The molecule has 6 rings (SSSR count). The molecule has 1 fully saturated rings. The average Bonchev–Trinajstić information content (AvgIpc) is 3.34. The van der Waals surface area contributed by atoms with Crippen LogP contribution in [-0.2, 0) is 44.2 Å². The van der Waals surface area contributed by atoms with Crippen LogP contribution in [-0.4, -0.2) is 96.6 Å². The Bertz CT molecular complexity index is 1780. The molecule has 3 heterocycles. The number of rotatable bonds is 9. The van der Waals surface area contributed by atoms with Crippen molar-refractivity contribution >= 4 is 29.1 Å². The molecule has 3 aromatic rings. The standard InChI is InChI=1S/C37H41N3O10/c1-21(8-6-15-29(42)39-19-24-11-3-2-10-23(24)17-26(39)20-41)37(49)27-13-4-5-14-28(27)40(36(37)48)18-22-9-7-12-25(16-22)38-34(46)33-31(44)30(43)32(45)35(47)50-33/h2-14,16,21,26,30-33,35,41,43-45,47,49H,15,17-20H2,1H3,(H,38,46)/b8-6+/t21-,26-,30-,31-,32+,33-,35+,37+/m0/s1. The van der Waals surface area contributed by atoms with Crippen molar-refractivity contribution in [3.8, 4) is 0 Å². The molecule has 7 N–H and O–H groups in total. The molecule has 3 aliphatic heterocycles. The van der Waals surface area contributed by atoms with Gasteiger partial charge in [-0.25, -0.2) is 0 Å². The van der Waals surface area contributed by atoms with Crippen LogP contribution in [0.25, 0.3) is 0 Å². The maximum atomic E-state index is 14.0. The van der Waals surface area contributed by atoms with E-state index in [0.29, 0.717) is 29.8 Å². The molecular formula is C37H41N3O10. The Balaban J connectivity index is 1.14. The van der Waals surface area contributed by atoms with Crippen molar-refractivity contribution in [3.05, 3.63) is 107 Å². The number of aliphatic hydroxyl groups is 6. The second-order valence-electron chi connectivity index (χ2n) is 13.0. The first-order valence-corrected chi connectivity index (χ1v) is 16.5. The number of anilines is 2. The Morgan fingerprint density at radius 2 is 1.70 bits per heavy atom. The van der Waals surface area contributed by atoms with E-state index < -0.39 is 54.0 Å². The molecule has 8 atom stereocenters. The molecule has 0 aromatic heterocycles. The highest BCUT2D eigenvalue weighted by molar-refractivity contribution is 6.07. The monoisotopic (exact) mass is 687 g/mol. The summed E-state index contributed by atoms with van der Waals surface area (Å²) in [7, 11) is 0. The zero-order chi connectivity index (χ0) is 35.7. The fraction of sp³-hybridized carbons (Fsp3) is 0.378. The number of carbonyl (C=O) groups is 3. The molecule has 0 bridgehead atoms. The van der Waals surface area contributed by atoms with Crippen molar-refractivity contribution in [2.24, 2.45) is 5.92 Å². The van der Waals surface area contributed by atoms with E-state index >= 15 is 0 Å². The van der Waals surface area contributed by atoms with Crippen molar-refractivity contribution in [3.63, 3.8) is 0 Å². The lowest BCUT2D eigenvalue weighted by atomic mass is 9.83. The third kappa shape index (κ3) is 6.56. The summed E-state index contributed by atoms with van der Waals surface area (Å²) in [4.78, 5) is 43.3. The molecule has 3 aromatic carbocycles. The number of ether oxygens (including phenoxy) is 1. The van der Waals surface area contributed by atoms with Crippen LogP contribution >= 0.6 is 0 Å². The highest BCUT2D eigenvalue weighted by atomic mass is 16.6. The van der Waals surface area contributed by atoms with Gasteiger partial charge in [0, 0.05) is 30.1 Å². The maximum absolute atomic E-state index is 14.0. The number of carbonyl (C=O) groups excluding carboxylic acids is 3. The quantitative estimate of drug-likeness (QED) is 0.157. The van der Waals surface area contributed by atoms with Gasteiger partial charge in [0.1, 0.15) is 18.3 Å². The van der Waals surface area contributed by atoms with Gasteiger partial charge in [-0.2, -0.15) is 0 Å². The van der Waals surface area contributed by atoms with E-state index in [2.05, 4.69) is 5.32 Å². The number of benzene rings is 3. The fourth-order valence-electron chi connectivity index (χ4n) is 6.95. The van der Waals surface area contributed by atoms with E-state index in [4.69, 9.17) is 4.74 Å². The zero-order valence-electron chi connectivity index (χ0n) is 27.4. The third-order valence-corrected chi connectivity index (χ3v) is 9.82. The number of nitrogens with zero attached hydrogens (tertiary/aromatic N) is 2. The zero-order valence-corrected chi connectivity index (χ0v) is 27.4. The molecule has 0 unspecified atom stereocenters. The van der Waals surface area contributed by atoms with Crippen LogP contribution in [0.1, 0.15) is 35.6 Å². The summed E-state index contributed by atoms with van der Waals surface area (Å²) in [6.45, 7) is 1.97. The first-order valence-electron chi connectivity index (χ1n) is 16.5. The van der Waals surface area contributed by atoms with Crippen LogP contribution in [0.15, 0.2) is 84.9 Å². The summed E-state index contributed by atoms with van der Waals surface area (Å²) in [5.41, 5.74) is 1.99. The van der Waals surface area contributed by atoms with Gasteiger partial charge in [-0.15, -0.1) is 0 Å². The highest BCUT2D eigenvalue weighted by Crippen LogP contribution is 2.45. The Hall–Kier alpha value is -4.47. The van der Waals surface area contributed by atoms with Crippen LogP contribution in [0.2, 0.25) is 0 Å². The van der Waals surface area contributed by atoms with Gasteiger partial charge in [0.15, 0.2) is 18.0 Å². The summed E-state index contributed by atoms with van der Waals surface area (Å²) in [5.74, 6) is -2.32. The van der Waals surface area contributed by atoms with Gasteiger partial charge >= 0.3 is 0 Å². The van der Waals surface area contributed by atoms with Crippen LogP contribution in [0.4, 0.5) is 11.4 Å². The van der Waals surface area contributed by atoms with Gasteiger partial charge in [-0.05, 0) is 41.3 Å². The Labute approximate surface area is 288 Å². The first-order chi connectivity index (χ1) is 23.9. The molecule has 264 valence electrons. The molecule has 0 radical (unpaired) electrons. The predicted molar refractivity (Wildman–Crippen MR) is 180 cm³/mol. The van der Waals surface area contributed by atoms with E-state index in [1.807, 2.05) is 24.3 Å². The van der Waals surface area contributed by atoms with E-state index in [-0.39, 0.29) is 37.2 Å². The average molecular weight is 688 g/mol. The molecule has 0 saturated carbocycles. The lowest BCUT2D eigenvalue weighted by molar-refractivity contribution is -0.274. The molecule has 0 spiro atoms. The molecule has 3 amide bonds. The van der Waals surface area contributed by atoms with Gasteiger partial charge in [0.2, 0.25) is 5.91 Å². The van der Waals surface area contributed by atoms with Crippen molar-refractivity contribution in [2.75, 3.05) is 16.8 Å². The van der Waals surface area contributed by atoms with Crippen LogP contribution in [0.3, 0.4) is 0 Å². The summed E-state index contributed by atoms with van der Waals surface area (Å²) < 4.78 is 5.01. The minimum absolute atomic E-state index is 0.0264. The second-order valence-corrected chi connectivity index (χ2v) is 13.0.